The van der Waals surface area contributed by atoms with Crippen LogP contribution in [0.3, 0.4) is 0 Å². The molecule has 0 bridgehead atoms. The number of allylic oxidation sites excluding steroid dienone is 2. The van der Waals surface area contributed by atoms with E-state index in [0.717, 1.165) is 11.1 Å². The zero-order chi connectivity index (χ0) is 23.9. The number of aliphatic imine (C=N–C) groups is 1. The highest BCUT2D eigenvalue weighted by Crippen LogP contribution is 2.14. The van der Waals surface area contributed by atoms with E-state index in [0.29, 0.717) is 43.3 Å². The van der Waals surface area contributed by atoms with Crippen LogP contribution in [0.2, 0.25) is 0 Å². The Labute approximate surface area is 193 Å². The van der Waals surface area contributed by atoms with Gasteiger partial charge in [-0.05, 0) is 42.3 Å². The first-order valence-corrected chi connectivity index (χ1v) is 10.4. The summed E-state index contributed by atoms with van der Waals surface area (Å²) in [6.45, 7) is 4.59. The summed E-state index contributed by atoms with van der Waals surface area (Å²) >= 11 is 0. The summed E-state index contributed by atoms with van der Waals surface area (Å²) in [5.74, 6) is 0.193. The molecule has 0 saturated carbocycles. The number of benzene rings is 2. The zero-order valence-electron chi connectivity index (χ0n) is 18.6. The van der Waals surface area contributed by atoms with Crippen molar-refractivity contribution in [3.63, 3.8) is 0 Å². The SMILES string of the molecule is CCOC(=O)c1cccc(OC(C)=N/C=C\C=C\C(=O)NCc2ccc(CNC=O)cc2)c1. The molecule has 8 nitrogen and oxygen atoms in total. The second kappa shape index (κ2) is 14.0. The summed E-state index contributed by atoms with van der Waals surface area (Å²) < 4.78 is 10.6. The highest BCUT2D eigenvalue weighted by Gasteiger charge is 2.07. The number of amides is 2. The van der Waals surface area contributed by atoms with Gasteiger partial charge in [0, 0.05) is 32.3 Å². The molecule has 0 fully saturated rings. The quantitative estimate of drug-likeness (QED) is 0.137. The third-order valence-electron chi connectivity index (χ3n) is 4.19. The predicted molar refractivity (Wildman–Crippen MR) is 126 cm³/mol. The highest BCUT2D eigenvalue weighted by molar-refractivity contribution is 5.90. The first-order valence-electron chi connectivity index (χ1n) is 10.4. The van der Waals surface area contributed by atoms with Crippen LogP contribution in [0.4, 0.5) is 0 Å². The lowest BCUT2D eigenvalue weighted by Crippen LogP contribution is -2.20. The molecule has 2 N–H and O–H groups in total. The van der Waals surface area contributed by atoms with E-state index in [4.69, 9.17) is 9.47 Å². The molecule has 0 aromatic heterocycles. The third kappa shape index (κ3) is 9.65. The smallest absolute Gasteiger partial charge is 0.338 e. The molecule has 2 aromatic rings. The molecule has 8 heteroatoms. The number of carbonyl (C=O) groups excluding carboxylic acids is 3. The van der Waals surface area contributed by atoms with Gasteiger partial charge in [0.1, 0.15) is 5.75 Å². The van der Waals surface area contributed by atoms with E-state index in [-0.39, 0.29) is 5.91 Å². The minimum atomic E-state index is -0.412. The fourth-order valence-corrected chi connectivity index (χ4v) is 2.62. The molecule has 0 aliphatic heterocycles. The van der Waals surface area contributed by atoms with Crippen molar-refractivity contribution < 1.29 is 23.9 Å². The van der Waals surface area contributed by atoms with Gasteiger partial charge in [-0.3, -0.25) is 9.59 Å². The van der Waals surface area contributed by atoms with Crippen molar-refractivity contribution in [3.8, 4) is 5.75 Å². The van der Waals surface area contributed by atoms with Crippen molar-refractivity contribution in [3.05, 3.63) is 89.6 Å². The molecular formula is C25H27N3O5. The van der Waals surface area contributed by atoms with E-state index in [1.54, 1.807) is 50.3 Å². The molecule has 2 aromatic carbocycles. The molecule has 0 saturated heterocycles. The Hall–Kier alpha value is -4.20. The lowest BCUT2D eigenvalue weighted by atomic mass is 10.1. The Balaban J connectivity index is 1.77. The van der Waals surface area contributed by atoms with Crippen LogP contribution in [0.15, 0.2) is 78.0 Å². The number of carbonyl (C=O) groups is 3. The van der Waals surface area contributed by atoms with Crippen LogP contribution < -0.4 is 15.4 Å². The normalized spacial score (nSPS) is 11.4. The molecule has 0 atom stereocenters. The second-order valence-corrected chi connectivity index (χ2v) is 6.73. The summed E-state index contributed by atoms with van der Waals surface area (Å²) in [4.78, 5) is 38.2. The Kier molecular flexibility index (Phi) is 10.6. The Bertz CT molecular complexity index is 1030. The van der Waals surface area contributed by atoms with Gasteiger partial charge in [-0.1, -0.05) is 36.4 Å². The minimum Gasteiger partial charge on any atom is -0.462 e. The van der Waals surface area contributed by atoms with Crippen molar-refractivity contribution in [1.82, 2.24) is 10.6 Å². The average Bonchev–Trinajstić information content (AvgIpc) is 2.82. The standard InChI is InChI=1S/C25H27N3O5/c1-3-32-25(31)22-7-6-8-23(15-22)33-19(2)27-14-5-4-9-24(30)28-17-21-12-10-20(11-13-21)16-26-18-29/h4-15,18H,3,16-17H2,1-2H3,(H,26,29)(H,28,30)/b9-4+,14-5-,27-19?. The van der Waals surface area contributed by atoms with Crippen LogP contribution in [0.25, 0.3) is 0 Å². The molecular weight excluding hydrogens is 422 g/mol. The molecule has 0 radical (unpaired) electrons. The number of rotatable bonds is 11. The monoisotopic (exact) mass is 449 g/mol. The Morgan fingerprint density at radius 2 is 1.76 bits per heavy atom. The van der Waals surface area contributed by atoms with Crippen LogP contribution in [0.5, 0.6) is 5.75 Å². The van der Waals surface area contributed by atoms with Gasteiger partial charge in [-0.15, -0.1) is 0 Å². The first-order chi connectivity index (χ1) is 16.0. The van der Waals surface area contributed by atoms with Gasteiger partial charge >= 0.3 is 5.97 Å². The van der Waals surface area contributed by atoms with Gasteiger partial charge in [-0.2, -0.15) is 0 Å². The van der Waals surface area contributed by atoms with E-state index in [9.17, 15) is 14.4 Å². The first kappa shape index (κ1) is 25.1. The maximum absolute atomic E-state index is 11.9. The lowest BCUT2D eigenvalue weighted by Gasteiger charge is -2.06. The van der Waals surface area contributed by atoms with E-state index < -0.39 is 5.97 Å². The molecule has 0 heterocycles. The molecule has 0 unspecified atom stereocenters. The third-order valence-corrected chi connectivity index (χ3v) is 4.19. The summed E-state index contributed by atoms with van der Waals surface area (Å²) in [5.41, 5.74) is 2.33. The van der Waals surface area contributed by atoms with Crippen LogP contribution in [0.1, 0.15) is 35.3 Å². The maximum atomic E-state index is 11.9. The van der Waals surface area contributed by atoms with E-state index in [1.807, 2.05) is 24.3 Å². The van der Waals surface area contributed by atoms with Crippen LogP contribution in [-0.4, -0.2) is 30.8 Å². The second-order valence-electron chi connectivity index (χ2n) is 6.73. The highest BCUT2D eigenvalue weighted by atomic mass is 16.5. The number of esters is 1. The number of nitrogens with one attached hydrogen (secondary N) is 2. The molecule has 2 amide bonds. The van der Waals surface area contributed by atoms with E-state index >= 15 is 0 Å². The van der Waals surface area contributed by atoms with Gasteiger partial charge in [0.05, 0.1) is 12.2 Å². The molecule has 33 heavy (non-hydrogen) atoms. The van der Waals surface area contributed by atoms with Gasteiger partial charge in [0.15, 0.2) is 5.90 Å². The molecule has 2 rings (SSSR count). The summed E-state index contributed by atoms with van der Waals surface area (Å²) in [5, 5.41) is 5.38. The number of nitrogens with zero attached hydrogens (tertiary/aromatic N) is 1. The lowest BCUT2D eigenvalue weighted by molar-refractivity contribution is -0.116. The summed E-state index contributed by atoms with van der Waals surface area (Å²) in [7, 11) is 0. The van der Waals surface area contributed by atoms with Crippen LogP contribution >= 0.6 is 0 Å². The average molecular weight is 450 g/mol. The van der Waals surface area contributed by atoms with Crippen molar-refractivity contribution >= 4 is 24.2 Å². The van der Waals surface area contributed by atoms with Gasteiger partial charge in [0.25, 0.3) is 0 Å². The predicted octanol–water partition coefficient (Wildman–Crippen LogP) is 3.29. The molecule has 0 aliphatic carbocycles. The van der Waals surface area contributed by atoms with E-state index in [1.165, 1.54) is 12.3 Å². The van der Waals surface area contributed by atoms with Crippen molar-refractivity contribution in [2.45, 2.75) is 26.9 Å². The number of hydrogen-bond acceptors (Lipinski definition) is 6. The molecule has 172 valence electrons. The van der Waals surface area contributed by atoms with Gasteiger partial charge in [-0.25, -0.2) is 9.79 Å². The zero-order valence-corrected chi connectivity index (χ0v) is 18.6. The number of ether oxygens (including phenoxy) is 2. The van der Waals surface area contributed by atoms with Crippen molar-refractivity contribution in [2.75, 3.05) is 6.61 Å². The Morgan fingerprint density at radius 3 is 2.45 bits per heavy atom. The Morgan fingerprint density at radius 1 is 1.03 bits per heavy atom. The van der Waals surface area contributed by atoms with Gasteiger partial charge in [0.2, 0.25) is 12.3 Å². The topological polar surface area (TPSA) is 106 Å². The minimum absolute atomic E-state index is 0.237. The van der Waals surface area contributed by atoms with Crippen LogP contribution in [0, 0.1) is 0 Å². The largest absolute Gasteiger partial charge is 0.462 e. The van der Waals surface area contributed by atoms with E-state index in [2.05, 4.69) is 15.6 Å². The summed E-state index contributed by atoms with van der Waals surface area (Å²) in [6, 6.07) is 14.2. The van der Waals surface area contributed by atoms with Crippen molar-refractivity contribution in [2.24, 2.45) is 4.99 Å². The number of hydrogen-bond donors (Lipinski definition) is 2. The molecule has 0 spiro atoms. The van der Waals surface area contributed by atoms with Crippen LogP contribution in [-0.2, 0) is 27.4 Å². The van der Waals surface area contributed by atoms with Gasteiger partial charge < -0.3 is 20.1 Å². The summed E-state index contributed by atoms with van der Waals surface area (Å²) in [6.07, 6.45) is 6.73. The maximum Gasteiger partial charge on any atom is 0.338 e. The molecule has 0 aliphatic rings. The fraction of sp³-hybridized carbons (Fsp3) is 0.200. The fourth-order valence-electron chi connectivity index (χ4n) is 2.62. The van der Waals surface area contributed by atoms with Crippen molar-refractivity contribution in [1.29, 1.82) is 0 Å².